The maximum absolute atomic E-state index is 12.1. The van der Waals surface area contributed by atoms with E-state index in [-0.39, 0.29) is 5.41 Å². The smallest absolute Gasteiger partial charge is 0.336 e. The molecule has 0 amide bonds. The van der Waals surface area contributed by atoms with Crippen molar-refractivity contribution in [1.29, 1.82) is 0 Å². The molecule has 2 rings (SSSR count). The molecule has 0 unspecified atom stereocenters. The second kappa shape index (κ2) is 8.48. The minimum absolute atomic E-state index is 0.301. The number of aliphatic carboxylic acids is 1. The van der Waals surface area contributed by atoms with Crippen molar-refractivity contribution in [3.63, 3.8) is 0 Å². The molecule has 0 radical (unpaired) electrons. The van der Waals surface area contributed by atoms with Gasteiger partial charge in [-0.2, -0.15) is 0 Å². The molecular formula is C24H26O2. The lowest BCUT2D eigenvalue weighted by Crippen LogP contribution is -2.16. The van der Waals surface area contributed by atoms with Crippen molar-refractivity contribution in [1.82, 2.24) is 0 Å². The zero-order valence-corrected chi connectivity index (χ0v) is 15.9. The SMILES string of the molecule is CC(=Cc1ccccc1)C(C(=O)O)=C(C=Cc1ccccc1)C(C)(C)C. The van der Waals surface area contributed by atoms with Crippen molar-refractivity contribution in [2.24, 2.45) is 5.41 Å². The van der Waals surface area contributed by atoms with E-state index in [1.54, 1.807) is 0 Å². The Hall–Kier alpha value is -2.87. The molecule has 0 aliphatic heterocycles. The van der Waals surface area contributed by atoms with Gasteiger partial charge in [-0.25, -0.2) is 4.79 Å². The van der Waals surface area contributed by atoms with Gasteiger partial charge in [-0.15, -0.1) is 0 Å². The van der Waals surface area contributed by atoms with E-state index in [2.05, 4.69) is 0 Å². The number of hydrogen-bond acceptors (Lipinski definition) is 1. The number of carboxylic acids is 1. The van der Waals surface area contributed by atoms with E-state index >= 15 is 0 Å². The summed E-state index contributed by atoms with van der Waals surface area (Å²) in [6.45, 7) is 7.97. The van der Waals surface area contributed by atoms with Gasteiger partial charge in [-0.1, -0.05) is 99.7 Å². The molecule has 0 heterocycles. The van der Waals surface area contributed by atoms with Crippen LogP contribution in [0.1, 0.15) is 38.8 Å². The molecule has 1 N–H and O–H groups in total. The van der Waals surface area contributed by atoms with Crippen molar-refractivity contribution in [2.45, 2.75) is 27.7 Å². The predicted octanol–water partition coefficient (Wildman–Crippen LogP) is 6.23. The van der Waals surface area contributed by atoms with Gasteiger partial charge in [-0.05, 0) is 34.6 Å². The first-order valence-corrected chi connectivity index (χ1v) is 8.74. The molecule has 0 saturated heterocycles. The molecule has 0 aliphatic carbocycles. The monoisotopic (exact) mass is 346 g/mol. The summed E-state index contributed by atoms with van der Waals surface area (Å²) in [4.78, 5) is 12.1. The second-order valence-corrected chi connectivity index (χ2v) is 7.33. The molecule has 2 nitrogen and oxygen atoms in total. The molecular weight excluding hydrogens is 320 g/mol. The quantitative estimate of drug-likeness (QED) is 0.514. The lowest BCUT2D eigenvalue weighted by atomic mass is 9.80. The van der Waals surface area contributed by atoms with Crippen LogP contribution in [0.2, 0.25) is 0 Å². The number of benzene rings is 2. The third kappa shape index (κ3) is 5.32. The molecule has 0 spiro atoms. The average Bonchev–Trinajstić information content (AvgIpc) is 2.58. The van der Waals surface area contributed by atoms with Crippen LogP contribution in [-0.4, -0.2) is 11.1 Å². The molecule has 2 aromatic rings. The Balaban J connectivity index is 2.57. The first-order chi connectivity index (χ1) is 12.3. The number of carboxylic acid groups (broad SMARTS) is 1. The van der Waals surface area contributed by atoms with Crippen molar-refractivity contribution >= 4 is 18.1 Å². The molecule has 0 fully saturated rings. The Kier molecular flexibility index (Phi) is 6.35. The summed E-state index contributed by atoms with van der Waals surface area (Å²) in [6.07, 6.45) is 5.83. The van der Waals surface area contributed by atoms with Crippen LogP contribution in [0, 0.1) is 5.41 Å². The summed E-state index contributed by atoms with van der Waals surface area (Å²) in [5.41, 5.74) is 3.64. The van der Waals surface area contributed by atoms with Crippen LogP contribution in [0.4, 0.5) is 0 Å². The summed E-state index contributed by atoms with van der Waals surface area (Å²) in [5, 5.41) is 9.92. The Labute approximate surface area is 156 Å². The lowest BCUT2D eigenvalue weighted by molar-refractivity contribution is -0.132. The molecule has 0 aromatic heterocycles. The van der Waals surface area contributed by atoms with Gasteiger partial charge in [0, 0.05) is 0 Å². The third-order valence-electron chi connectivity index (χ3n) is 4.11. The molecule has 0 atom stereocenters. The van der Waals surface area contributed by atoms with Crippen molar-refractivity contribution < 1.29 is 9.90 Å². The molecule has 2 heteroatoms. The van der Waals surface area contributed by atoms with Gasteiger partial charge in [0.25, 0.3) is 0 Å². The van der Waals surface area contributed by atoms with E-state index in [1.807, 2.05) is 107 Å². The largest absolute Gasteiger partial charge is 0.478 e. The second-order valence-electron chi connectivity index (χ2n) is 7.33. The highest BCUT2D eigenvalue weighted by Crippen LogP contribution is 2.33. The zero-order chi connectivity index (χ0) is 19.2. The summed E-state index contributed by atoms with van der Waals surface area (Å²) in [7, 11) is 0. The highest BCUT2D eigenvalue weighted by Gasteiger charge is 2.24. The van der Waals surface area contributed by atoms with E-state index in [0.717, 1.165) is 22.3 Å². The van der Waals surface area contributed by atoms with E-state index < -0.39 is 5.97 Å². The van der Waals surface area contributed by atoms with Crippen LogP contribution in [0.3, 0.4) is 0 Å². The minimum Gasteiger partial charge on any atom is -0.478 e. The van der Waals surface area contributed by atoms with E-state index in [9.17, 15) is 9.90 Å². The van der Waals surface area contributed by atoms with Crippen molar-refractivity contribution in [2.75, 3.05) is 0 Å². The molecule has 0 aliphatic rings. The van der Waals surface area contributed by atoms with Crippen molar-refractivity contribution in [3.8, 4) is 0 Å². The molecule has 0 bridgehead atoms. The summed E-state index contributed by atoms with van der Waals surface area (Å²) >= 11 is 0. The van der Waals surface area contributed by atoms with Gasteiger partial charge in [0.1, 0.15) is 0 Å². The fourth-order valence-corrected chi connectivity index (χ4v) is 2.82. The molecule has 2 aromatic carbocycles. The lowest BCUT2D eigenvalue weighted by Gasteiger charge is -2.24. The zero-order valence-electron chi connectivity index (χ0n) is 15.9. The minimum atomic E-state index is -0.905. The number of allylic oxidation sites excluding steroid dienone is 2. The van der Waals surface area contributed by atoms with Gasteiger partial charge in [0.15, 0.2) is 0 Å². The maximum Gasteiger partial charge on any atom is 0.336 e. The summed E-state index contributed by atoms with van der Waals surface area (Å²) in [6, 6.07) is 19.7. The average molecular weight is 346 g/mol. The van der Waals surface area contributed by atoms with E-state index in [4.69, 9.17) is 0 Å². The van der Waals surface area contributed by atoms with Gasteiger partial charge >= 0.3 is 5.97 Å². The Morgan fingerprint density at radius 2 is 1.38 bits per heavy atom. The topological polar surface area (TPSA) is 37.3 Å². The molecule has 134 valence electrons. The fraction of sp³-hybridized carbons (Fsp3) is 0.208. The number of hydrogen-bond donors (Lipinski definition) is 1. The van der Waals surface area contributed by atoms with Gasteiger partial charge in [-0.3, -0.25) is 0 Å². The fourth-order valence-electron chi connectivity index (χ4n) is 2.82. The van der Waals surface area contributed by atoms with E-state index in [1.165, 1.54) is 0 Å². The summed E-state index contributed by atoms with van der Waals surface area (Å²) < 4.78 is 0. The van der Waals surface area contributed by atoms with Crippen LogP contribution >= 0.6 is 0 Å². The Bertz CT molecular complexity index is 833. The van der Waals surface area contributed by atoms with Gasteiger partial charge in [0.05, 0.1) is 5.57 Å². The standard InChI is InChI=1S/C24H26O2/c1-18(17-20-13-9-6-10-14-20)22(23(25)26)21(24(2,3)4)16-15-19-11-7-5-8-12-19/h5-17H,1-4H3,(H,25,26). The third-order valence-corrected chi connectivity index (χ3v) is 4.11. The molecule has 0 saturated carbocycles. The van der Waals surface area contributed by atoms with Gasteiger partial charge in [0.2, 0.25) is 0 Å². The van der Waals surface area contributed by atoms with Crippen LogP contribution in [0.25, 0.3) is 12.2 Å². The first kappa shape index (κ1) is 19.5. The Morgan fingerprint density at radius 3 is 1.85 bits per heavy atom. The van der Waals surface area contributed by atoms with E-state index in [0.29, 0.717) is 5.57 Å². The highest BCUT2D eigenvalue weighted by molar-refractivity contribution is 5.95. The predicted molar refractivity (Wildman–Crippen MR) is 110 cm³/mol. The number of carbonyl (C=O) groups is 1. The van der Waals surface area contributed by atoms with Gasteiger partial charge < -0.3 is 5.11 Å². The van der Waals surface area contributed by atoms with Crippen LogP contribution < -0.4 is 0 Å². The first-order valence-electron chi connectivity index (χ1n) is 8.74. The number of rotatable bonds is 5. The normalized spacial score (nSPS) is 13.6. The van der Waals surface area contributed by atoms with Crippen molar-refractivity contribution in [3.05, 3.63) is 94.6 Å². The Morgan fingerprint density at radius 1 is 0.885 bits per heavy atom. The maximum atomic E-state index is 12.1. The van der Waals surface area contributed by atoms with Crippen LogP contribution in [0.15, 0.2) is 83.5 Å². The van der Waals surface area contributed by atoms with Crippen LogP contribution in [-0.2, 0) is 4.79 Å². The summed E-state index contributed by atoms with van der Waals surface area (Å²) in [5.74, 6) is -0.905. The molecule has 26 heavy (non-hydrogen) atoms. The van der Waals surface area contributed by atoms with Crippen LogP contribution in [0.5, 0.6) is 0 Å². The highest BCUT2D eigenvalue weighted by atomic mass is 16.4.